The van der Waals surface area contributed by atoms with E-state index in [4.69, 9.17) is 0 Å². The second kappa shape index (κ2) is 13.4. The first-order valence-electron chi connectivity index (χ1n) is 9.03. The van der Waals surface area contributed by atoms with Gasteiger partial charge in [-0.15, -0.1) is 35.7 Å². The van der Waals surface area contributed by atoms with E-state index in [-0.39, 0.29) is 29.9 Å². The molecule has 28 heavy (non-hydrogen) atoms. The molecule has 0 heterocycles. The number of aliphatic imine (C=N–C) groups is 1. The summed E-state index contributed by atoms with van der Waals surface area (Å²) in [6, 6.07) is 18.1. The van der Waals surface area contributed by atoms with Crippen LogP contribution >= 0.6 is 35.7 Å². The number of nitrogens with one attached hydrogen (secondary N) is 2. The molecule has 2 N–H and O–H groups in total. The van der Waals surface area contributed by atoms with Gasteiger partial charge < -0.3 is 15.5 Å². The fraction of sp³-hybridized carbons (Fsp3) is 0.333. The molecule has 0 aliphatic heterocycles. The van der Waals surface area contributed by atoms with Gasteiger partial charge in [0, 0.05) is 50.4 Å². The Labute approximate surface area is 189 Å². The molecular formula is C21H29IN4OS. The number of amides is 1. The maximum Gasteiger partial charge on any atom is 0.253 e. The Balaban J connectivity index is 0.00000392. The van der Waals surface area contributed by atoms with Gasteiger partial charge in [-0.3, -0.25) is 9.79 Å². The van der Waals surface area contributed by atoms with Crippen LogP contribution in [0.3, 0.4) is 0 Å². The highest BCUT2D eigenvalue weighted by molar-refractivity contribution is 14.0. The maximum atomic E-state index is 12.1. The van der Waals surface area contributed by atoms with Crippen molar-refractivity contribution in [2.24, 2.45) is 4.99 Å². The van der Waals surface area contributed by atoms with Gasteiger partial charge in [0.1, 0.15) is 0 Å². The van der Waals surface area contributed by atoms with Crippen LogP contribution in [0.2, 0.25) is 0 Å². The highest BCUT2D eigenvalue weighted by Crippen LogP contribution is 2.15. The zero-order chi connectivity index (χ0) is 19.5. The zero-order valence-electron chi connectivity index (χ0n) is 16.6. The molecular weight excluding hydrogens is 483 g/mol. The number of benzene rings is 2. The number of halogens is 1. The summed E-state index contributed by atoms with van der Waals surface area (Å²) in [6.45, 7) is 1.59. The van der Waals surface area contributed by atoms with Crippen molar-refractivity contribution in [1.29, 1.82) is 0 Å². The van der Waals surface area contributed by atoms with E-state index in [9.17, 15) is 4.79 Å². The van der Waals surface area contributed by atoms with Crippen molar-refractivity contribution in [3.8, 4) is 0 Å². The van der Waals surface area contributed by atoms with Gasteiger partial charge in [-0.2, -0.15) is 0 Å². The molecule has 2 rings (SSSR count). The quantitative estimate of drug-likeness (QED) is 0.187. The lowest BCUT2D eigenvalue weighted by atomic mass is 10.1. The maximum absolute atomic E-state index is 12.1. The van der Waals surface area contributed by atoms with E-state index < -0.39 is 0 Å². The minimum absolute atomic E-state index is 0. The first kappa shape index (κ1) is 24.3. The average molecular weight is 512 g/mol. The van der Waals surface area contributed by atoms with Crippen LogP contribution in [0.4, 0.5) is 0 Å². The Morgan fingerprint density at radius 1 is 1.04 bits per heavy atom. The third kappa shape index (κ3) is 8.52. The molecule has 0 atom stereocenters. The second-order valence-corrected chi connectivity index (χ2v) is 7.41. The van der Waals surface area contributed by atoms with Crippen LogP contribution in [0, 0.1) is 0 Å². The fourth-order valence-electron chi connectivity index (χ4n) is 2.52. The average Bonchev–Trinajstić information content (AvgIpc) is 2.70. The summed E-state index contributed by atoms with van der Waals surface area (Å²) < 4.78 is 0. The molecule has 7 heteroatoms. The standard InChI is InChI=1S/C21H28N4OS.HI/c1-22-21(24-14-15-27-19-10-5-4-6-11-19)23-13-12-17-8-7-9-18(16-17)20(26)25(2)3;/h4-11,16H,12-15H2,1-3H3,(H2,22,23,24);1H. The second-order valence-electron chi connectivity index (χ2n) is 6.24. The first-order chi connectivity index (χ1) is 13.1. The van der Waals surface area contributed by atoms with Crippen molar-refractivity contribution in [2.75, 3.05) is 40.0 Å². The molecule has 0 unspecified atom stereocenters. The molecule has 0 saturated carbocycles. The minimum Gasteiger partial charge on any atom is -0.356 e. The first-order valence-corrected chi connectivity index (χ1v) is 10.0. The molecule has 0 aromatic heterocycles. The van der Waals surface area contributed by atoms with Gasteiger partial charge in [-0.05, 0) is 36.2 Å². The summed E-state index contributed by atoms with van der Waals surface area (Å²) in [7, 11) is 5.31. The molecule has 5 nitrogen and oxygen atoms in total. The van der Waals surface area contributed by atoms with Gasteiger partial charge in [-0.1, -0.05) is 30.3 Å². The van der Waals surface area contributed by atoms with Crippen LogP contribution in [-0.2, 0) is 6.42 Å². The lowest BCUT2D eigenvalue weighted by Gasteiger charge is -2.13. The molecule has 1 amide bonds. The van der Waals surface area contributed by atoms with Gasteiger partial charge in [0.2, 0.25) is 0 Å². The molecule has 0 fully saturated rings. The molecule has 2 aromatic rings. The van der Waals surface area contributed by atoms with Gasteiger partial charge in [0.05, 0.1) is 0 Å². The van der Waals surface area contributed by atoms with Crippen LogP contribution in [-0.4, -0.2) is 56.8 Å². The monoisotopic (exact) mass is 512 g/mol. The molecule has 0 spiro atoms. The Bertz CT molecular complexity index is 753. The Hall–Kier alpha value is -1.74. The van der Waals surface area contributed by atoms with E-state index in [0.717, 1.165) is 42.3 Å². The van der Waals surface area contributed by atoms with Crippen molar-refractivity contribution < 1.29 is 4.79 Å². The molecule has 0 bridgehead atoms. The highest BCUT2D eigenvalue weighted by atomic mass is 127. The third-order valence-corrected chi connectivity index (χ3v) is 4.93. The SMILES string of the molecule is CN=C(NCCSc1ccccc1)NCCc1cccc(C(=O)N(C)C)c1.I. The summed E-state index contributed by atoms with van der Waals surface area (Å²) in [5.41, 5.74) is 1.85. The summed E-state index contributed by atoms with van der Waals surface area (Å²) in [5, 5.41) is 6.65. The van der Waals surface area contributed by atoms with Gasteiger partial charge in [-0.25, -0.2) is 0 Å². The number of nitrogens with zero attached hydrogens (tertiary/aromatic N) is 2. The smallest absolute Gasteiger partial charge is 0.253 e. The van der Waals surface area contributed by atoms with E-state index in [1.165, 1.54) is 4.90 Å². The number of hydrogen-bond donors (Lipinski definition) is 2. The molecule has 0 aliphatic carbocycles. The van der Waals surface area contributed by atoms with Crippen LogP contribution < -0.4 is 10.6 Å². The van der Waals surface area contributed by atoms with Crippen molar-refractivity contribution in [2.45, 2.75) is 11.3 Å². The van der Waals surface area contributed by atoms with Gasteiger partial charge >= 0.3 is 0 Å². The van der Waals surface area contributed by atoms with E-state index in [2.05, 4.69) is 39.9 Å². The Kier molecular flexibility index (Phi) is 11.7. The number of carbonyl (C=O) groups excluding carboxylic acids is 1. The van der Waals surface area contributed by atoms with Crippen LogP contribution in [0.15, 0.2) is 64.5 Å². The highest BCUT2D eigenvalue weighted by Gasteiger charge is 2.08. The molecule has 152 valence electrons. The lowest BCUT2D eigenvalue weighted by molar-refractivity contribution is 0.0827. The van der Waals surface area contributed by atoms with Crippen LogP contribution in [0.5, 0.6) is 0 Å². The largest absolute Gasteiger partial charge is 0.356 e. The normalized spacial score (nSPS) is 10.8. The molecule has 2 aromatic carbocycles. The van der Waals surface area contributed by atoms with Crippen molar-refractivity contribution in [3.63, 3.8) is 0 Å². The minimum atomic E-state index is 0. The zero-order valence-corrected chi connectivity index (χ0v) is 19.8. The van der Waals surface area contributed by atoms with Gasteiger partial charge in [0.15, 0.2) is 5.96 Å². The number of guanidine groups is 1. The number of thioether (sulfide) groups is 1. The predicted octanol–water partition coefficient (Wildman–Crippen LogP) is 3.51. The fourth-order valence-corrected chi connectivity index (χ4v) is 3.31. The Morgan fingerprint density at radius 2 is 1.75 bits per heavy atom. The number of carbonyl (C=O) groups is 1. The molecule has 0 saturated heterocycles. The Morgan fingerprint density at radius 3 is 2.43 bits per heavy atom. The van der Waals surface area contributed by atoms with Gasteiger partial charge in [0.25, 0.3) is 5.91 Å². The number of hydrogen-bond acceptors (Lipinski definition) is 3. The predicted molar refractivity (Wildman–Crippen MR) is 130 cm³/mol. The van der Waals surface area contributed by atoms with E-state index in [0.29, 0.717) is 0 Å². The van der Waals surface area contributed by atoms with E-state index in [1.807, 2.05) is 42.1 Å². The summed E-state index contributed by atoms with van der Waals surface area (Å²) in [6.07, 6.45) is 0.827. The van der Waals surface area contributed by atoms with Crippen LogP contribution in [0.25, 0.3) is 0 Å². The summed E-state index contributed by atoms with van der Waals surface area (Å²) >= 11 is 1.82. The summed E-state index contributed by atoms with van der Waals surface area (Å²) in [5.74, 6) is 1.79. The topological polar surface area (TPSA) is 56.7 Å². The number of rotatable bonds is 8. The summed E-state index contributed by atoms with van der Waals surface area (Å²) in [4.78, 5) is 19.2. The van der Waals surface area contributed by atoms with Crippen LogP contribution in [0.1, 0.15) is 15.9 Å². The van der Waals surface area contributed by atoms with E-state index >= 15 is 0 Å². The van der Waals surface area contributed by atoms with Crippen molar-refractivity contribution in [1.82, 2.24) is 15.5 Å². The van der Waals surface area contributed by atoms with Crippen molar-refractivity contribution >= 4 is 47.6 Å². The van der Waals surface area contributed by atoms with E-state index in [1.54, 1.807) is 26.0 Å². The molecule has 0 radical (unpaired) electrons. The molecule has 0 aliphatic rings. The van der Waals surface area contributed by atoms with Crippen molar-refractivity contribution in [3.05, 3.63) is 65.7 Å². The third-order valence-electron chi connectivity index (χ3n) is 3.92. The lowest BCUT2D eigenvalue weighted by Crippen LogP contribution is -2.39.